The third-order valence-electron chi connectivity index (χ3n) is 5.22. The maximum absolute atomic E-state index is 12.9. The summed E-state index contributed by atoms with van der Waals surface area (Å²) in [5.41, 5.74) is 7.71. The van der Waals surface area contributed by atoms with E-state index in [0.29, 0.717) is 16.4 Å². The van der Waals surface area contributed by atoms with Gasteiger partial charge in [-0.1, -0.05) is 23.7 Å². The first-order valence-corrected chi connectivity index (χ1v) is 10.1. The van der Waals surface area contributed by atoms with Crippen molar-refractivity contribution in [3.8, 4) is 5.95 Å². The second-order valence-corrected chi connectivity index (χ2v) is 8.03. The van der Waals surface area contributed by atoms with E-state index >= 15 is 0 Å². The smallest absolute Gasteiger partial charge is 0.283 e. The second-order valence-electron chi connectivity index (χ2n) is 7.59. The van der Waals surface area contributed by atoms with Gasteiger partial charge in [0.15, 0.2) is 11.6 Å². The van der Waals surface area contributed by atoms with Gasteiger partial charge in [-0.15, -0.1) is 0 Å². The van der Waals surface area contributed by atoms with Crippen molar-refractivity contribution >= 4 is 35.1 Å². The van der Waals surface area contributed by atoms with Gasteiger partial charge >= 0.3 is 0 Å². The number of nitrogens with zero attached hydrogens (tertiary/aromatic N) is 3. The molecule has 31 heavy (non-hydrogen) atoms. The fourth-order valence-electron chi connectivity index (χ4n) is 3.73. The number of benzene rings is 1. The Balaban J connectivity index is 1.67. The quantitative estimate of drug-likeness (QED) is 0.479. The van der Waals surface area contributed by atoms with Crippen molar-refractivity contribution in [3.05, 3.63) is 73.8 Å². The molecular formula is C22H20ClN5O3. The normalized spacial score (nSPS) is 16.6. The van der Waals surface area contributed by atoms with Crippen LogP contribution in [-0.4, -0.2) is 31.3 Å². The monoisotopic (exact) mass is 437 g/mol. The Hall–Kier alpha value is -3.52. The molecule has 158 valence electrons. The number of hydrogen-bond acceptors (Lipinski definition) is 6. The number of anilines is 1. The van der Waals surface area contributed by atoms with Crippen molar-refractivity contribution < 1.29 is 9.59 Å². The second kappa shape index (κ2) is 7.96. The standard InChI is InChI=1S/C22H20ClN5O3/c1-11-7-12(2)26-22(25-11)28-21(31)17(20(24)27-28)10-16-18(29)8-14(9-19(16)30)13-3-5-15(23)6-4-13/h3-7,10,14,27H,8-9,24H2,1-2H3. The van der Waals surface area contributed by atoms with Crippen LogP contribution in [0.5, 0.6) is 0 Å². The molecule has 0 radical (unpaired) electrons. The number of nitrogens with one attached hydrogen (secondary N) is 1. The molecule has 1 aromatic carbocycles. The lowest BCUT2D eigenvalue weighted by Gasteiger charge is -2.22. The van der Waals surface area contributed by atoms with Gasteiger partial charge in [0.05, 0.1) is 11.1 Å². The fraction of sp³-hybridized carbons (Fsp3) is 0.227. The van der Waals surface area contributed by atoms with Gasteiger partial charge in [0.25, 0.3) is 11.5 Å². The van der Waals surface area contributed by atoms with Gasteiger partial charge in [0.2, 0.25) is 0 Å². The predicted molar refractivity (Wildman–Crippen MR) is 117 cm³/mol. The molecule has 0 bridgehead atoms. The van der Waals surface area contributed by atoms with Gasteiger partial charge in [0.1, 0.15) is 5.82 Å². The average molecular weight is 438 g/mol. The number of carbonyl (C=O) groups is 2. The molecule has 2 aromatic heterocycles. The molecule has 9 heteroatoms. The molecule has 2 heterocycles. The SMILES string of the molecule is Cc1cc(C)nc(-n2[nH]c(N)c(C=C3C(=O)CC(c4ccc(Cl)cc4)CC3=O)c2=O)n1. The van der Waals surface area contributed by atoms with Crippen molar-refractivity contribution in [2.45, 2.75) is 32.6 Å². The lowest BCUT2D eigenvalue weighted by atomic mass is 9.79. The maximum Gasteiger partial charge on any atom is 0.283 e. The summed E-state index contributed by atoms with van der Waals surface area (Å²) in [5.74, 6) is -0.710. The molecule has 0 atom stereocenters. The summed E-state index contributed by atoms with van der Waals surface area (Å²) in [6.45, 7) is 3.57. The minimum absolute atomic E-state index is 0.0264. The van der Waals surface area contributed by atoms with Crippen LogP contribution < -0.4 is 11.3 Å². The van der Waals surface area contributed by atoms with E-state index in [4.69, 9.17) is 17.3 Å². The molecule has 0 unspecified atom stereocenters. The van der Waals surface area contributed by atoms with E-state index in [2.05, 4.69) is 15.1 Å². The molecule has 8 nitrogen and oxygen atoms in total. The molecule has 4 rings (SSSR count). The van der Waals surface area contributed by atoms with Crippen molar-refractivity contribution in [2.24, 2.45) is 0 Å². The lowest BCUT2D eigenvalue weighted by Crippen LogP contribution is -2.25. The number of carbonyl (C=O) groups excluding carboxylic acids is 2. The zero-order valence-corrected chi connectivity index (χ0v) is 17.7. The fourth-order valence-corrected chi connectivity index (χ4v) is 3.85. The van der Waals surface area contributed by atoms with Gasteiger partial charge in [-0.25, -0.2) is 9.97 Å². The van der Waals surface area contributed by atoms with E-state index < -0.39 is 5.56 Å². The first-order chi connectivity index (χ1) is 14.7. The summed E-state index contributed by atoms with van der Waals surface area (Å²) in [4.78, 5) is 46.9. The van der Waals surface area contributed by atoms with Crippen molar-refractivity contribution in [3.63, 3.8) is 0 Å². The number of aromatic nitrogens is 4. The molecule has 3 aromatic rings. The van der Waals surface area contributed by atoms with E-state index in [1.54, 1.807) is 32.0 Å². The molecule has 0 saturated heterocycles. The molecule has 1 aliphatic carbocycles. The van der Waals surface area contributed by atoms with Crippen LogP contribution in [0.3, 0.4) is 0 Å². The van der Waals surface area contributed by atoms with Crippen molar-refractivity contribution in [2.75, 3.05) is 5.73 Å². The number of nitrogen functional groups attached to an aromatic ring is 1. The topological polar surface area (TPSA) is 124 Å². The summed E-state index contributed by atoms with van der Waals surface area (Å²) >= 11 is 5.92. The van der Waals surface area contributed by atoms with Gasteiger partial charge in [0, 0.05) is 29.3 Å². The molecule has 0 aliphatic heterocycles. The first kappa shape index (κ1) is 20.7. The highest BCUT2D eigenvalue weighted by Crippen LogP contribution is 2.33. The number of rotatable bonds is 3. The van der Waals surface area contributed by atoms with E-state index in [-0.39, 0.29) is 53.2 Å². The van der Waals surface area contributed by atoms with Crippen LogP contribution in [0.25, 0.3) is 12.0 Å². The molecule has 1 aliphatic rings. The predicted octanol–water partition coefficient (Wildman–Crippen LogP) is 2.91. The first-order valence-electron chi connectivity index (χ1n) is 9.69. The highest BCUT2D eigenvalue weighted by Gasteiger charge is 2.32. The largest absolute Gasteiger partial charge is 0.383 e. The summed E-state index contributed by atoms with van der Waals surface area (Å²) in [6.07, 6.45) is 1.60. The van der Waals surface area contributed by atoms with E-state index in [1.165, 1.54) is 6.08 Å². The van der Waals surface area contributed by atoms with E-state index in [9.17, 15) is 14.4 Å². The number of nitrogens with two attached hydrogens (primary N) is 1. The summed E-state index contributed by atoms with van der Waals surface area (Å²) in [7, 11) is 0. The minimum Gasteiger partial charge on any atom is -0.383 e. The van der Waals surface area contributed by atoms with Crippen LogP contribution in [0.4, 0.5) is 5.82 Å². The Morgan fingerprint density at radius 1 is 1.06 bits per heavy atom. The summed E-state index contributed by atoms with van der Waals surface area (Å²) in [5, 5.41) is 3.31. The number of halogens is 1. The molecule has 1 saturated carbocycles. The van der Waals surface area contributed by atoms with Crippen LogP contribution in [-0.2, 0) is 9.59 Å². The highest BCUT2D eigenvalue weighted by atomic mass is 35.5. The van der Waals surface area contributed by atoms with Crippen LogP contribution in [0.1, 0.15) is 41.3 Å². The van der Waals surface area contributed by atoms with Crippen LogP contribution in [0.2, 0.25) is 5.02 Å². The Morgan fingerprint density at radius 2 is 1.65 bits per heavy atom. The van der Waals surface area contributed by atoms with Gasteiger partial charge in [-0.05, 0) is 49.6 Å². The molecule has 3 N–H and O–H groups in total. The minimum atomic E-state index is -0.532. The lowest BCUT2D eigenvalue weighted by molar-refractivity contribution is -0.124. The zero-order valence-electron chi connectivity index (χ0n) is 17.0. The number of ketones is 2. The summed E-state index contributed by atoms with van der Waals surface area (Å²) in [6, 6.07) is 8.87. The Kier molecular flexibility index (Phi) is 5.32. The Labute approximate surface area is 182 Å². The number of Topliss-reactive ketones (excluding diaryl/α,β-unsaturated/α-hetero) is 2. The molecule has 1 fully saturated rings. The van der Waals surface area contributed by atoms with Crippen LogP contribution in [0, 0.1) is 13.8 Å². The van der Waals surface area contributed by atoms with Crippen molar-refractivity contribution in [1.29, 1.82) is 0 Å². The third kappa shape index (κ3) is 4.06. The summed E-state index contributed by atoms with van der Waals surface area (Å²) < 4.78 is 1.11. The van der Waals surface area contributed by atoms with Crippen LogP contribution in [0.15, 0.2) is 40.7 Å². The average Bonchev–Trinajstić information content (AvgIpc) is 2.98. The Morgan fingerprint density at radius 3 is 2.23 bits per heavy atom. The maximum atomic E-state index is 12.9. The Bertz CT molecular complexity index is 1250. The number of aryl methyl sites for hydroxylation is 2. The number of H-pyrrole nitrogens is 1. The van der Waals surface area contributed by atoms with Crippen LogP contribution >= 0.6 is 11.6 Å². The van der Waals surface area contributed by atoms with Gasteiger partial charge in [-0.3, -0.25) is 19.5 Å². The number of allylic oxidation sites excluding steroid dienone is 1. The van der Waals surface area contributed by atoms with Gasteiger partial charge < -0.3 is 5.73 Å². The number of aromatic amines is 1. The third-order valence-corrected chi connectivity index (χ3v) is 5.47. The molecule has 0 amide bonds. The molecule has 0 spiro atoms. The van der Waals surface area contributed by atoms with E-state index in [0.717, 1.165) is 10.2 Å². The van der Waals surface area contributed by atoms with Gasteiger partial charge in [-0.2, -0.15) is 4.68 Å². The molecular weight excluding hydrogens is 418 g/mol. The number of hydrogen-bond donors (Lipinski definition) is 2. The van der Waals surface area contributed by atoms with Crippen molar-refractivity contribution in [1.82, 2.24) is 19.7 Å². The van der Waals surface area contributed by atoms with E-state index in [1.807, 2.05) is 12.1 Å². The zero-order chi connectivity index (χ0) is 22.3. The highest BCUT2D eigenvalue weighted by molar-refractivity contribution is 6.30.